The summed E-state index contributed by atoms with van der Waals surface area (Å²) in [5.74, 6) is -0.521. The van der Waals surface area contributed by atoms with E-state index in [1.54, 1.807) is 14.0 Å². The first-order valence-corrected chi connectivity index (χ1v) is 6.67. The molecule has 0 unspecified atom stereocenters. The molecular weight excluding hydrogens is 343 g/mol. The van der Waals surface area contributed by atoms with Gasteiger partial charge in [0.05, 0.1) is 0 Å². The van der Waals surface area contributed by atoms with Crippen LogP contribution in [0.15, 0.2) is 22.9 Å². The Bertz CT molecular complexity index is 873. The lowest BCUT2D eigenvalue weighted by Crippen LogP contribution is -2.04. The molecule has 0 aliphatic heterocycles. The van der Waals surface area contributed by atoms with Gasteiger partial charge in [0.2, 0.25) is 12.2 Å². The summed E-state index contributed by atoms with van der Waals surface area (Å²) in [5.41, 5.74) is 4.95. The minimum absolute atomic E-state index is 0.171. The number of carbonyl (C=O) groups is 1. The van der Waals surface area contributed by atoms with Gasteiger partial charge >= 0.3 is 12.1 Å². The molecule has 0 spiro atoms. The molecule has 0 bridgehead atoms. The van der Waals surface area contributed by atoms with E-state index < -0.39 is 12.1 Å². The minimum atomic E-state index is -4.68. The number of hydrogen-bond acceptors (Lipinski definition) is 7. The second kappa shape index (κ2) is 7.07. The Morgan fingerprint density at radius 2 is 2.00 bits per heavy atom. The number of primary amides is 1. The molecule has 0 aliphatic carbocycles. The molecule has 0 aliphatic rings. The molecule has 0 radical (unpaired) electrons. The third-order valence-corrected chi connectivity index (χ3v) is 2.78. The van der Waals surface area contributed by atoms with Crippen LogP contribution >= 0.6 is 0 Å². The summed E-state index contributed by atoms with van der Waals surface area (Å²) in [7, 11) is 1.69. The lowest BCUT2D eigenvalue weighted by molar-refractivity contribution is -0.159. The average molecular weight is 355 g/mol. The highest BCUT2D eigenvalue weighted by atomic mass is 19.4. The molecule has 0 atom stereocenters. The molecule has 0 saturated carbocycles. The maximum atomic E-state index is 12.5. The van der Waals surface area contributed by atoms with Crippen molar-refractivity contribution in [3.8, 4) is 22.9 Å². The summed E-state index contributed by atoms with van der Waals surface area (Å²) < 4.78 is 43.2. The minimum Gasteiger partial charge on any atom is -0.372 e. The van der Waals surface area contributed by atoms with Crippen molar-refractivity contribution >= 4 is 6.41 Å². The molecule has 3 rings (SSSR count). The van der Waals surface area contributed by atoms with Gasteiger partial charge in [-0.2, -0.15) is 23.3 Å². The normalized spacial score (nSPS) is 10.9. The number of amides is 1. The molecule has 2 N–H and O–H groups in total. The maximum Gasteiger partial charge on any atom is 0.471 e. The van der Waals surface area contributed by atoms with Crippen molar-refractivity contribution in [2.75, 3.05) is 0 Å². The molecule has 12 heteroatoms. The van der Waals surface area contributed by atoms with Crippen LogP contribution in [0.5, 0.6) is 0 Å². The molecule has 9 nitrogen and oxygen atoms in total. The number of hydrogen-bond donors (Lipinski definition) is 1. The standard InChI is InChI=1S/C12H9F3N6O.CH3NO/c1-6-17-10(21(2)19-6)8-5-7(3-4-16-8)9-18-11(22-20-9)12(13,14)15;2-1-3/h3-5H,1-2H3;1H,(H2,2,3). The van der Waals surface area contributed by atoms with Crippen LogP contribution in [0.1, 0.15) is 11.7 Å². The zero-order valence-corrected chi connectivity index (χ0v) is 13.0. The predicted octanol–water partition coefficient (Wildman–Crippen LogP) is 1.36. The van der Waals surface area contributed by atoms with Crippen molar-refractivity contribution in [2.24, 2.45) is 12.8 Å². The van der Waals surface area contributed by atoms with Gasteiger partial charge < -0.3 is 10.3 Å². The number of alkyl halides is 3. The first-order chi connectivity index (χ1) is 11.8. The Balaban J connectivity index is 0.000000701. The van der Waals surface area contributed by atoms with Gasteiger partial charge in [-0.1, -0.05) is 5.16 Å². The number of aryl methyl sites for hydroxylation is 2. The zero-order chi connectivity index (χ0) is 18.6. The highest BCUT2D eigenvalue weighted by Gasteiger charge is 2.38. The Morgan fingerprint density at radius 1 is 1.32 bits per heavy atom. The second-order valence-corrected chi connectivity index (χ2v) is 4.59. The molecular formula is C13H12F3N7O2. The fourth-order valence-electron chi connectivity index (χ4n) is 1.88. The highest BCUT2D eigenvalue weighted by molar-refractivity contribution is 5.62. The van der Waals surface area contributed by atoms with Crippen LogP contribution in [0.4, 0.5) is 13.2 Å². The lowest BCUT2D eigenvalue weighted by atomic mass is 10.2. The Kier molecular flexibility index (Phi) is 5.10. The fraction of sp³-hybridized carbons (Fsp3) is 0.231. The Morgan fingerprint density at radius 3 is 2.52 bits per heavy atom. The number of halogens is 3. The third-order valence-electron chi connectivity index (χ3n) is 2.78. The first kappa shape index (κ1) is 18.0. The van der Waals surface area contributed by atoms with Crippen molar-refractivity contribution in [1.82, 2.24) is 29.9 Å². The van der Waals surface area contributed by atoms with Crippen LogP contribution in [-0.4, -0.2) is 36.3 Å². The number of carbonyl (C=O) groups excluding carboxylic acids is 1. The van der Waals surface area contributed by atoms with Gasteiger partial charge in [0.1, 0.15) is 11.5 Å². The monoisotopic (exact) mass is 355 g/mol. The van der Waals surface area contributed by atoms with Crippen molar-refractivity contribution in [3.63, 3.8) is 0 Å². The van der Waals surface area contributed by atoms with E-state index in [9.17, 15) is 13.2 Å². The lowest BCUT2D eigenvalue weighted by Gasteiger charge is -2.01. The van der Waals surface area contributed by atoms with Crippen molar-refractivity contribution in [1.29, 1.82) is 0 Å². The largest absolute Gasteiger partial charge is 0.471 e. The van der Waals surface area contributed by atoms with E-state index in [4.69, 9.17) is 4.79 Å². The van der Waals surface area contributed by atoms with Crippen molar-refractivity contribution in [3.05, 3.63) is 30.0 Å². The molecule has 132 valence electrons. The fourth-order valence-corrected chi connectivity index (χ4v) is 1.88. The van der Waals surface area contributed by atoms with E-state index in [0.29, 0.717) is 22.9 Å². The van der Waals surface area contributed by atoms with Crippen LogP contribution in [0, 0.1) is 6.92 Å². The van der Waals surface area contributed by atoms with E-state index in [2.05, 4.69) is 35.5 Å². The predicted molar refractivity (Wildman–Crippen MR) is 77.5 cm³/mol. The van der Waals surface area contributed by atoms with Crippen LogP contribution in [0.2, 0.25) is 0 Å². The second-order valence-electron chi connectivity index (χ2n) is 4.59. The van der Waals surface area contributed by atoms with Crippen molar-refractivity contribution < 1.29 is 22.5 Å². The van der Waals surface area contributed by atoms with Crippen LogP contribution < -0.4 is 5.73 Å². The molecule has 1 amide bonds. The van der Waals surface area contributed by atoms with Gasteiger partial charge in [-0.05, 0) is 19.1 Å². The number of nitrogens with zero attached hydrogens (tertiary/aromatic N) is 6. The van der Waals surface area contributed by atoms with Crippen LogP contribution in [0.3, 0.4) is 0 Å². The van der Waals surface area contributed by atoms with Crippen molar-refractivity contribution in [2.45, 2.75) is 13.1 Å². The number of pyridine rings is 1. The summed E-state index contributed by atoms with van der Waals surface area (Å²) in [6, 6.07) is 3.01. The van der Waals surface area contributed by atoms with E-state index in [0.717, 1.165) is 0 Å². The van der Waals surface area contributed by atoms with E-state index >= 15 is 0 Å². The quantitative estimate of drug-likeness (QED) is 0.688. The number of aromatic nitrogens is 6. The molecule has 0 aromatic carbocycles. The average Bonchev–Trinajstić information content (AvgIpc) is 3.15. The van der Waals surface area contributed by atoms with Gasteiger partial charge in [0.25, 0.3) is 0 Å². The molecule has 25 heavy (non-hydrogen) atoms. The first-order valence-electron chi connectivity index (χ1n) is 6.67. The SMILES string of the molecule is Cc1nc(-c2cc(-c3noc(C(F)(F)F)n3)ccn2)n(C)n1.NC=O. The van der Waals surface area contributed by atoms with Gasteiger partial charge in [0.15, 0.2) is 5.82 Å². The summed E-state index contributed by atoms with van der Waals surface area (Å²) in [4.78, 5) is 20.3. The number of rotatable bonds is 2. The van der Waals surface area contributed by atoms with Gasteiger partial charge in [0, 0.05) is 18.8 Å². The molecule has 3 heterocycles. The Hall–Kier alpha value is -3.31. The highest BCUT2D eigenvalue weighted by Crippen LogP contribution is 2.29. The van der Waals surface area contributed by atoms with Crippen LogP contribution in [-0.2, 0) is 18.0 Å². The van der Waals surface area contributed by atoms with Gasteiger partial charge in [-0.3, -0.25) is 9.78 Å². The molecule has 3 aromatic heterocycles. The van der Waals surface area contributed by atoms with E-state index in [1.165, 1.54) is 23.0 Å². The molecule has 0 saturated heterocycles. The molecule has 3 aromatic rings. The topological polar surface area (TPSA) is 126 Å². The third kappa shape index (κ3) is 4.16. The summed E-state index contributed by atoms with van der Waals surface area (Å²) >= 11 is 0. The summed E-state index contributed by atoms with van der Waals surface area (Å²) in [6.07, 6.45) is -3.00. The van der Waals surface area contributed by atoms with Gasteiger partial charge in [-0.25, -0.2) is 9.67 Å². The van der Waals surface area contributed by atoms with E-state index in [-0.39, 0.29) is 12.2 Å². The summed E-state index contributed by atoms with van der Waals surface area (Å²) in [6.45, 7) is 1.72. The molecule has 0 fully saturated rings. The summed E-state index contributed by atoms with van der Waals surface area (Å²) in [5, 5.41) is 7.43. The van der Waals surface area contributed by atoms with Gasteiger partial charge in [-0.15, -0.1) is 0 Å². The smallest absolute Gasteiger partial charge is 0.372 e. The van der Waals surface area contributed by atoms with Crippen LogP contribution in [0.25, 0.3) is 22.9 Å². The zero-order valence-electron chi connectivity index (χ0n) is 13.0. The number of nitrogens with two attached hydrogens (primary N) is 1. The maximum absolute atomic E-state index is 12.5. The Labute approximate surface area is 138 Å². The van der Waals surface area contributed by atoms with E-state index in [1.807, 2.05) is 0 Å².